The summed E-state index contributed by atoms with van der Waals surface area (Å²) >= 11 is 0. The van der Waals surface area contributed by atoms with Gasteiger partial charge in [0.25, 0.3) is 0 Å². The van der Waals surface area contributed by atoms with Gasteiger partial charge in [0.1, 0.15) is 17.5 Å². The van der Waals surface area contributed by atoms with E-state index in [-0.39, 0.29) is 52.7 Å². The molecule has 0 aliphatic heterocycles. The fraction of sp³-hybridized carbons (Fsp3) is 0.457. The standard InChI is InChI=1S/C35H45F2N9O3/c1-7-8-15-45(35(3,4)5)16-14-23(2)39-32-28(37)21-38-33(41-32)40-29-20-30(46-34(47)44(6)42-43-46)31(19-27(29)36)49-26-17-25(18-26)48-22-24-12-10-9-11-13-24/h7,9-13,19-21,23,25-26H,1,8,14-18,22H2,2-6H3,(H2,38,39,40,41)/t23-,25?,26?/m0/s1. The molecule has 14 heteroatoms. The van der Waals surface area contributed by atoms with Gasteiger partial charge >= 0.3 is 5.69 Å². The van der Waals surface area contributed by atoms with Gasteiger partial charge in [-0.2, -0.15) is 14.3 Å². The zero-order valence-corrected chi connectivity index (χ0v) is 28.7. The first-order valence-electron chi connectivity index (χ1n) is 16.5. The number of nitrogens with zero attached hydrogens (tertiary/aromatic N) is 7. The first kappa shape index (κ1) is 35.6. The predicted octanol–water partition coefficient (Wildman–Crippen LogP) is 5.77. The Bertz CT molecular complexity index is 1770. The highest BCUT2D eigenvalue weighted by atomic mass is 19.1. The van der Waals surface area contributed by atoms with E-state index in [2.05, 4.69) is 63.3 Å². The molecule has 0 unspecified atom stereocenters. The molecule has 12 nitrogen and oxygen atoms in total. The molecule has 2 aromatic carbocycles. The molecule has 0 amide bonds. The summed E-state index contributed by atoms with van der Waals surface area (Å²) in [4.78, 5) is 23.5. The van der Waals surface area contributed by atoms with Crippen molar-refractivity contribution in [3.8, 4) is 11.4 Å². The summed E-state index contributed by atoms with van der Waals surface area (Å²) < 4.78 is 44.6. The average molecular weight is 678 g/mol. The van der Waals surface area contributed by atoms with Crippen molar-refractivity contribution in [2.45, 2.75) is 83.8 Å². The van der Waals surface area contributed by atoms with Gasteiger partial charge in [0.2, 0.25) is 5.95 Å². The monoisotopic (exact) mass is 677 g/mol. The van der Waals surface area contributed by atoms with Crippen LogP contribution in [0.5, 0.6) is 5.75 Å². The third kappa shape index (κ3) is 9.27. The van der Waals surface area contributed by atoms with Gasteiger partial charge in [-0.3, -0.25) is 4.90 Å². The number of halogens is 2. The minimum Gasteiger partial charge on any atom is -0.488 e. The lowest BCUT2D eigenvalue weighted by atomic mass is 9.92. The van der Waals surface area contributed by atoms with Crippen LogP contribution in [0, 0.1) is 11.6 Å². The summed E-state index contributed by atoms with van der Waals surface area (Å²) in [6, 6.07) is 12.3. The van der Waals surface area contributed by atoms with Gasteiger partial charge in [-0.1, -0.05) is 36.4 Å². The molecule has 2 N–H and O–H groups in total. The summed E-state index contributed by atoms with van der Waals surface area (Å²) in [6.45, 7) is 14.4. The largest absolute Gasteiger partial charge is 0.488 e. The van der Waals surface area contributed by atoms with Gasteiger partial charge in [-0.05, 0) is 62.6 Å². The third-order valence-electron chi connectivity index (χ3n) is 8.43. The fourth-order valence-corrected chi connectivity index (χ4v) is 5.42. The van der Waals surface area contributed by atoms with E-state index in [0.29, 0.717) is 19.4 Å². The van der Waals surface area contributed by atoms with Crippen LogP contribution in [0.3, 0.4) is 0 Å². The van der Waals surface area contributed by atoms with Crippen LogP contribution in [-0.2, 0) is 18.4 Å². The second-order valence-corrected chi connectivity index (χ2v) is 13.3. The van der Waals surface area contributed by atoms with Gasteiger partial charge in [0.05, 0.1) is 24.6 Å². The number of benzene rings is 2. The topological polar surface area (TPSA) is 124 Å². The van der Waals surface area contributed by atoms with E-state index in [0.717, 1.165) is 47.1 Å². The number of aromatic nitrogens is 6. The van der Waals surface area contributed by atoms with E-state index < -0.39 is 17.3 Å². The van der Waals surface area contributed by atoms with Crippen LogP contribution in [0.25, 0.3) is 5.69 Å². The van der Waals surface area contributed by atoms with E-state index in [1.54, 1.807) is 0 Å². The molecule has 0 radical (unpaired) electrons. The summed E-state index contributed by atoms with van der Waals surface area (Å²) in [5.41, 5.74) is 0.604. The highest BCUT2D eigenvalue weighted by molar-refractivity contribution is 5.63. The van der Waals surface area contributed by atoms with Crippen LogP contribution in [0.15, 0.2) is 66.1 Å². The molecule has 1 fully saturated rings. The molecule has 0 bridgehead atoms. The van der Waals surface area contributed by atoms with Crippen LogP contribution in [0.1, 0.15) is 58.9 Å². The zero-order valence-electron chi connectivity index (χ0n) is 28.7. The van der Waals surface area contributed by atoms with Crippen LogP contribution in [-0.4, -0.2) is 71.5 Å². The number of aryl methyl sites for hydroxylation is 1. The van der Waals surface area contributed by atoms with Crippen LogP contribution in [0.2, 0.25) is 0 Å². The Kier molecular flexibility index (Phi) is 11.4. The van der Waals surface area contributed by atoms with Gasteiger partial charge in [-0.15, -0.1) is 6.58 Å². The molecule has 5 rings (SSSR count). The van der Waals surface area contributed by atoms with Crippen molar-refractivity contribution < 1.29 is 18.3 Å². The maximum Gasteiger partial charge on any atom is 0.368 e. The number of nitrogens with one attached hydrogen (secondary N) is 2. The van der Waals surface area contributed by atoms with Crippen LogP contribution < -0.4 is 21.1 Å². The molecule has 1 saturated carbocycles. The second kappa shape index (κ2) is 15.7. The molecule has 1 atom stereocenters. The van der Waals surface area contributed by atoms with E-state index in [1.165, 1.54) is 19.2 Å². The van der Waals surface area contributed by atoms with Gasteiger partial charge in [-0.25, -0.2) is 18.6 Å². The summed E-state index contributed by atoms with van der Waals surface area (Å²) in [6.07, 6.45) is 5.47. The normalized spacial score (nSPS) is 16.7. The Balaban J connectivity index is 1.28. The summed E-state index contributed by atoms with van der Waals surface area (Å²) in [5, 5.41) is 13.7. The van der Waals surface area contributed by atoms with Crippen molar-refractivity contribution in [2.75, 3.05) is 23.7 Å². The highest BCUT2D eigenvalue weighted by Crippen LogP contribution is 2.35. The van der Waals surface area contributed by atoms with E-state index >= 15 is 4.39 Å². The molecule has 0 saturated heterocycles. The van der Waals surface area contributed by atoms with E-state index in [1.807, 2.05) is 43.3 Å². The lowest BCUT2D eigenvalue weighted by Crippen LogP contribution is -2.43. The molecular weight excluding hydrogens is 632 g/mol. The molecule has 1 aliphatic carbocycles. The Morgan fingerprint density at radius 3 is 2.53 bits per heavy atom. The van der Waals surface area contributed by atoms with Crippen molar-refractivity contribution in [3.05, 3.63) is 89.0 Å². The van der Waals surface area contributed by atoms with E-state index in [4.69, 9.17) is 9.47 Å². The van der Waals surface area contributed by atoms with Crippen molar-refractivity contribution >= 4 is 17.5 Å². The molecule has 262 valence electrons. The minimum atomic E-state index is -0.690. The van der Waals surface area contributed by atoms with Gasteiger partial charge < -0.3 is 20.1 Å². The number of tetrazole rings is 1. The highest BCUT2D eigenvalue weighted by Gasteiger charge is 2.33. The van der Waals surface area contributed by atoms with Gasteiger partial charge in [0.15, 0.2) is 17.5 Å². The Labute approximate surface area is 285 Å². The summed E-state index contributed by atoms with van der Waals surface area (Å²) in [5.74, 6) is -1.27. The smallest absolute Gasteiger partial charge is 0.368 e. The van der Waals surface area contributed by atoms with Gasteiger partial charge in [0, 0.05) is 50.6 Å². The van der Waals surface area contributed by atoms with Crippen molar-refractivity contribution in [2.24, 2.45) is 7.05 Å². The Morgan fingerprint density at radius 1 is 1.10 bits per heavy atom. The fourth-order valence-electron chi connectivity index (χ4n) is 5.42. The third-order valence-corrected chi connectivity index (χ3v) is 8.43. The minimum absolute atomic E-state index is 0.00508. The number of hydrogen-bond donors (Lipinski definition) is 2. The number of rotatable bonds is 16. The molecule has 2 aromatic heterocycles. The Morgan fingerprint density at radius 2 is 1.86 bits per heavy atom. The Hall–Kier alpha value is -4.69. The molecular formula is C35H45F2N9O3. The molecule has 2 heterocycles. The van der Waals surface area contributed by atoms with Crippen molar-refractivity contribution in [3.63, 3.8) is 0 Å². The van der Waals surface area contributed by atoms with Crippen LogP contribution >= 0.6 is 0 Å². The predicted molar refractivity (Wildman–Crippen MR) is 184 cm³/mol. The second-order valence-electron chi connectivity index (χ2n) is 13.3. The first-order valence-corrected chi connectivity index (χ1v) is 16.5. The van der Waals surface area contributed by atoms with Crippen molar-refractivity contribution in [1.29, 1.82) is 0 Å². The SMILES string of the molecule is C=CCCN(CC[C@H](C)Nc1nc(Nc2cc(-n3nnn(C)c3=O)c(OC3CC(OCc4ccccc4)C3)cc2F)ncc1F)C(C)(C)C. The first-order chi connectivity index (χ1) is 23.4. The molecule has 0 spiro atoms. The number of anilines is 3. The average Bonchev–Trinajstić information content (AvgIpc) is 3.37. The van der Waals surface area contributed by atoms with Crippen molar-refractivity contribution in [1.82, 2.24) is 34.7 Å². The lowest BCUT2D eigenvalue weighted by molar-refractivity contribution is -0.0684. The molecule has 1 aliphatic rings. The summed E-state index contributed by atoms with van der Waals surface area (Å²) in [7, 11) is 1.46. The molecule has 4 aromatic rings. The quantitative estimate of drug-likeness (QED) is 0.141. The van der Waals surface area contributed by atoms with Crippen LogP contribution in [0.4, 0.5) is 26.2 Å². The number of hydrogen-bond acceptors (Lipinski definition) is 10. The maximum absolute atomic E-state index is 15.6. The number of ether oxygens (including phenoxy) is 2. The maximum atomic E-state index is 15.6. The molecule has 49 heavy (non-hydrogen) atoms. The zero-order chi connectivity index (χ0) is 35.1. The lowest BCUT2D eigenvalue weighted by Gasteiger charge is -2.36. The van der Waals surface area contributed by atoms with E-state index in [9.17, 15) is 9.18 Å².